The molecule has 3 aromatic rings. The van der Waals surface area contributed by atoms with Crippen molar-refractivity contribution in [1.29, 1.82) is 0 Å². The summed E-state index contributed by atoms with van der Waals surface area (Å²) in [5, 5.41) is 23.2. The molecule has 4 saturated heterocycles. The summed E-state index contributed by atoms with van der Waals surface area (Å²) in [6.45, 7) is 0. The number of tetrazole rings is 1. The predicted octanol–water partition coefficient (Wildman–Crippen LogP) is 3.14. The predicted molar refractivity (Wildman–Crippen MR) is 119 cm³/mol. The number of pyridine rings is 1. The number of nitrogens with zero attached hydrogens (tertiary/aromatic N) is 6. The fraction of sp³-hybridized carbons (Fsp3) is 0.409. The number of benzene rings is 1. The number of aliphatic hydroxyl groups excluding tert-OH is 1. The van der Waals surface area contributed by atoms with E-state index in [1.165, 1.54) is 18.3 Å². The van der Waals surface area contributed by atoms with Crippen molar-refractivity contribution in [2.75, 3.05) is 4.90 Å². The number of aromatic nitrogens is 5. The molecular weight excluding hydrogens is 510 g/mol. The van der Waals surface area contributed by atoms with Gasteiger partial charge in [-0.05, 0) is 61.1 Å². The van der Waals surface area contributed by atoms with Gasteiger partial charge in [0.2, 0.25) is 5.82 Å². The molecule has 4 aliphatic heterocycles. The Morgan fingerprint density at radius 3 is 2.62 bits per heavy atom. The Bertz CT molecular complexity index is 1520. The van der Waals surface area contributed by atoms with Crippen molar-refractivity contribution >= 4 is 19.6 Å². The molecule has 15 heteroatoms. The maximum absolute atomic E-state index is 15.3. The Balaban J connectivity index is 1.10. The number of halogens is 1. The van der Waals surface area contributed by atoms with Crippen molar-refractivity contribution < 1.29 is 37.2 Å². The quantitative estimate of drug-likeness (QED) is 0.470. The van der Waals surface area contributed by atoms with Crippen LogP contribution in [0.4, 0.5) is 14.9 Å². The fourth-order valence-corrected chi connectivity index (χ4v) is 6.67. The number of rotatable bonds is 6. The van der Waals surface area contributed by atoms with Gasteiger partial charge >= 0.3 is 25.6 Å². The van der Waals surface area contributed by atoms with Gasteiger partial charge in [0.25, 0.3) is 0 Å². The summed E-state index contributed by atoms with van der Waals surface area (Å²) < 4.78 is 49.4. The Morgan fingerprint density at radius 2 is 1.95 bits per heavy atom. The number of anilines is 1. The molecule has 6 heterocycles. The highest BCUT2D eigenvalue weighted by atomic mass is 31.2. The molecule has 0 radical (unpaired) electrons. The topological polar surface area (TPSA) is 151 Å². The highest BCUT2D eigenvalue weighted by Crippen LogP contribution is 2.81. The molecule has 0 unspecified atom stereocenters. The van der Waals surface area contributed by atoms with Crippen molar-refractivity contribution in [1.82, 2.24) is 25.2 Å². The molecule has 1 aromatic carbocycles. The number of phosphoric acid groups is 1. The SMILES string of the molecule is O=C1O[C@@]2([C@@H](O)C3CC3)OP3(=O)OC2(O3)N1c1ccc(-c2ccc(-c3nnn(C4CC4)n3)nc2)c(F)c1. The second kappa shape index (κ2) is 6.97. The van der Waals surface area contributed by atoms with Crippen LogP contribution in [0.3, 0.4) is 0 Å². The van der Waals surface area contributed by atoms with Crippen molar-refractivity contribution in [3.05, 3.63) is 42.3 Å². The fourth-order valence-electron chi connectivity index (χ4n) is 4.96. The van der Waals surface area contributed by atoms with Crippen LogP contribution in [-0.4, -0.2) is 54.2 Å². The molecule has 13 nitrogen and oxygen atoms in total. The number of hydrogen-bond acceptors (Lipinski definition) is 11. The third kappa shape index (κ3) is 2.92. The summed E-state index contributed by atoms with van der Waals surface area (Å²) in [6, 6.07) is 7.65. The van der Waals surface area contributed by atoms with E-state index in [0.717, 1.165) is 23.8 Å². The van der Waals surface area contributed by atoms with Crippen LogP contribution in [0.1, 0.15) is 31.7 Å². The molecule has 2 atom stereocenters. The van der Waals surface area contributed by atoms with Crippen molar-refractivity contribution in [3.63, 3.8) is 0 Å². The summed E-state index contributed by atoms with van der Waals surface area (Å²) in [6.07, 6.45) is 2.58. The van der Waals surface area contributed by atoms with Gasteiger partial charge in [0.05, 0.1) is 11.7 Å². The van der Waals surface area contributed by atoms with E-state index in [0.29, 0.717) is 36.0 Å². The molecule has 1 N–H and O–H groups in total. The van der Waals surface area contributed by atoms with Crippen LogP contribution in [0.2, 0.25) is 0 Å². The molecule has 2 aromatic heterocycles. The summed E-state index contributed by atoms with van der Waals surface area (Å²) in [4.78, 5) is 19.7. The lowest BCUT2D eigenvalue weighted by Crippen LogP contribution is -2.64. The Kier molecular flexibility index (Phi) is 4.10. The summed E-state index contributed by atoms with van der Waals surface area (Å²) in [7, 11) is -4.00. The van der Waals surface area contributed by atoms with Gasteiger partial charge in [0.15, 0.2) is 0 Å². The van der Waals surface area contributed by atoms with Crippen LogP contribution in [0.5, 0.6) is 0 Å². The summed E-state index contributed by atoms with van der Waals surface area (Å²) >= 11 is 0. The lowest BCUT2D eigenvalue weighted by molar-refractivity contribution is -0.284. The molecule has 2 aliphatic carbocycles. The van der Waals surface area contributed by atoms with Gasteiger partial charge in [0, 0.05) is 17.3 Å². The molecule has 190 valence electrons. The molecule has 37 heavy (non-hydrogen) atoms. The molecule has 6 fully saturated rings. The van der Waals surface area contributed by atoms with Gasteiger partial charge in [-0.1, -0.05) is 6.07 Å². The zero-order valence-electron chi connectivity index (χ0n) is 18.9. The minimum Gasteiger partial charge on any atom is -0.405 e. The minimum absolute atomic E-state index is 0.0124. The summed E-state index contributed by atoms with van der Waals surface area (Å²) in [5.41, 5.74) is 1.21. The Labute approximate surface area is 207 Å². The molecule has 9 rings (SSSR count). The Hall–Kier alpha value is -3.29. The number of carbonyl (C=O) groups is 1. The largest absolute Gasteiger partial charge is 0.486 e. The van der Waals surface area contributed by atoms with Crippen LogP contribution in [0, 0.1) is 11.7 Å². The van der Waals surface area contributed by atoms with E-state index in [4.69, 9.17) is 18.3 Å². The van der Waals surface area contributed by atoms with Gasteiger partial charge in [-0.15, -0.1) is 10.2 Å². The van der Waals surface area contributed by atoms with Crippen molar-refractivity contribution in [2.45, 2.75) is 49.5 Å². The third-order valence-corrected chi connectivity index (χ3v) is 8.59. The lowest BCUT2D eigenvalue weighted by atomic mass is 10.0. The number of carbonyl (C=O) groups excluding carboxylic acids is 1. The maximum Gasteiger partial charge on any atom is 0.486 e. The van der Waals surface area contributed by atoms with Crippen LogP contribution >= 0.6 is 7.82 Å². The van der Waals surface area contributed by atoms with Crippen molar-refractivity contribution in [2.24, 2.45) is 5.92 Å². The third-order valence-electron chi connectivity index (χ3n) is 7.15. The van der Waals surface area contributed by atoms with E-state index in [-0.39, 0.29) is 17.2 Å². The van der Waals surface area contributed by atoms with E-state index >= 15 is 4.39 Å². The average Bonchev–Trinajstić information content (AvgIpc) is 3.78. The minimum atomic E-state index is -4.00. The number of ether oxygens (including phenoxy) is 1. The van der Waals surface area contributed by atoms with Crippen LogP contribution in [0.15, 0.2) is 36.5 Å². The zero-order valence-corrected chi connectivity index (χ0v) is 19.8. The van der Waals surface area contributed by atoms with Crippen LogP contribution in [-0.2, 0) is 22.9 Å². The van der Waals surface area contributed by atoms with E-state index in [1.54, 1.807) is 16.9 Å². The van der Waals surface area contributed by atoms with E-state index < -0.39 is 37.5 Å². The van der Waals surface area contributed by atoms with Gasteiger partial charge < -0.3 is 9.84 Å². The number of phosphoric ester groups is 1. The highest BCUT2D eigenvalue weighted by Gasteiger charge is 2.91. The standard InChI is InChI=1S/C22H18FN6O7P/c23-16-9-14(28-20(31)33-21(18(30)11-1-2-11)22(28)35-37(32,34-21)36-22)6-7-15(16)12-3-8-17(24-10-12)19-25-27-29(26-19)13-4-5-13/h3,6-11,13,18,30H,1-2,4-5H2/t18-,21-,22?,37?/m0/s1. The van der Waals surface area contributed by atoms with Gasteiger partial charge in [0.1, 0.15) is 17.6 Å². The van der Waals surface area contributed by atoms with E-state index in [9.17, 15) is 14.5 Å². The Morgan fingerprint density at radius 1 is 1.14 bits per heavy atom. The number of aliphatic hydroxyl groups is 1. The monoisotopic (exact) mass is 528 g/mol. The molecule has 1 spiro atoms. The summed E-state index contributed by atoms with van der Waals surface area (Å²) in [5.74, 6) is -4.74. The molecule has 6 aliphatic rings. The van der Waals surface area contributed by atoms with E-state index in [2.05, 4.69) is 20.4 Å². The smallest absolute Gasteiger partial charge is 0.405 e. The van der Waals surface area contributed by atoms with Crippen molar-refractivity contribution in [3.8, 4) is 22.6 Å². The number of amides is 1. The van der Waals surface area contributed by atoms with Gasteiger partial charge in [-0.2, -0.15) is 4.80 Å². The molecular formula is C22H18FN6O7P. The second-order valence-electron chi connectivity index (χ2n) is 9.72. The second-order valence-corrected chi connectivity index (χ2v) is 11.2. The number of hydrogen-bond donors (Lipinski definition) is 1. The maximum atomic E-state index is 15.3. The van der Waals surface area contributed by atoms with E-state index in [1.807, 2.05) is 0 Å². The molecule has 1 amide bonds. The van der Waals surface area contributed by atoms with Gasteiger partial charge in [-0.25, -0.2) is 32.2 Å². The molecule has 2 saturated carbocycles. The molecule has 2 bridgehead atoms. The first-order valence-corrected chi connectivity index (χ1v) is 13.3. The van der Waals surface area contributed by atoms with Crippen LogP contribution < -0.4 is 4.90 Å². The first kappa shape index (κ1) is 21.8. The van der Waals surface area contributed by atoms with Gasteiger partial charge in [-0.3, -0.25) is 4.98 Å². The average molecular weight is 528 g/mol. The van der Waals surface area contributed by atoms with Crippen LogP contribution in [0.25, 0.3) is 22.6 Å². The first-order valence-electron chi connectivity index (χ1n) is 11.8. The zero-order chi connectivity index (χ0) is 25.2. The first-order chi connectivity index (χ1) is 17.8. The normalized spacial score (nSPS) is 32.7. The highest BCUT2D eigenvalue weighted by molar-refractivity contribution is 7.50. The lowest BCUT2D eigenvalue weighted by Gasteiger charge is -2.40.